The Morgan fingerprint density at radius 3 is 2.63 bits per heavy atom. The van der Waals surface area contributed by atoms with E-state index in [0.29, 0.717) is 10.8 Å². The van der Waals surface area contributed by atoms with Gasteiger partial charge in [0.15, 0.2) is 5.76 Å². The monoisotopic (exact) mass is 411 g/mol. The van der Waals surface area contributed by atoms with Gasteiger partial charge in [0.2, 0.25) is 0 Å². The number of thiophene rings is 1. The molecule has 2 aromatic rings. The third-order valence-corrected chi connectivity index (χ3v) is 7.79. The Hall–Kier alpha value is -1.71. The molecule has 1 atom stereocenters. The van der Waals surface area contributed by atoms with Crippen LogP contribution in [0.5, 0.6) is 0 Å². The van der Waals surface area contributed by atoms with Crippen LogP contribution < -0.4 is 10.3 Å². The van der Waals surface area contributed by atoms with Crippen molar-refractivity contribution in [2.45, 2.75) is 58.8 Å². The molecule has 148 valence electrons. The lowest BCUT2D eigenvalue weighted by atomic mass is 9.72. The van der Waals surface area contributed by atoms with Crippen LogP contribution in [0.3, 0.4) is 0 Å². The summed E-state index contributed by atoms with van der Waals surface area (Å²) in [6.07, 6.45) is 3.02. The number of hydrazine groups is 1. The first kappa shape index (κ1) is 20.0. The fourth-order valence-corrected chi connectivity index (χ4v) is 5.73. The quantitative estimate of drug-likeness (QED) is 0.753. The first-order valence-corrected chi connectivity index (χ1v) is 11.2. The highest BCUT2D eigenvalue weighted by atomic mass is 32.2. The van der Waals surface area contributed by atoms with E-state index < -0.39 is 15.9 Å². The molecule has 1 amide bonds. The highest BCUT2D eigenvalue weighted by Gasteiger charge is 2.31. The molecule has 0 saturated carbocycles. The second-order valence-electron chi connectivity index (χ2n) is 8.08. The van der Waals surface area contributed by atoms with Crippen LogP contribution in [0.1, 0.15) is 58.8 Å². The van der Waals surface area contributed by atoms with Crippen LogP contribution in [-0.2, 0) is 22.9 Å². The average Bonchev–Trinajstić information content (AvgIpc) is 3.14. The van der Waals surface area contributed by atoms with E-state index >= 15 is 0 Å². The van der Waals surface area contributed by atoms with Crippen molar-refractivity contribution in [2.24, 2.45) is 11.3 Å². The van der Waals surface area contributed by atoms with Gasteiger partial charge in [0.25, 0.3) is 15.9 Å². The van der Waals surface area contributed by atoms with Crippen LogP contribution in [0.4, 0.5) is 0 Å². The fourth-order valence-electron chi connectivity index (χ4n) is 3.46. The van der Waals surface area contributed by atoms with Gasteiger partial charge in [-0.05, 0) is 56.1 Å². The summed E-state index contributed by atoms with van der Waals surface area (Å²) >= 11 is 1.43. The van der Waals surface area contributed by atoms with E-state index in [1.165, 1.54) is 35.6 Å². The third-order valence-electron chi connectivity index (χ3n) is 5.07. The largest absolute Gasteiger partial charge is 0.360 e. The molecule has 9 heteroatoms. The van der Waals surface area contributed by atoms with Gasteiger partial charge in [-0.2, -0.15) is 0 Å². The summed E-state index contributed by atoms with van der Waals surface area (Å²) in [5.41, 5.74) is 3.97. The number of amides is 1. The van der Waals surface area contributed by atoms with Crippen LogP contribution in [0, 0.1) is 25.2 Å². The van der Waals surface area contributed by atoms with Crippen LogP contribution in [-0.4, -0.2) is 19.5 Å². The fraction of sp³-hybridized carbons (Fsp3) is 0.556. The van der Waals surface area contributed by atoms with Crippen molar-refractivity contribution in [1.82, 2.24) is 15.4 Å². The first-order chi connectivity index (χ1) is 12.5. The third kappa shape index (κ3) is 4.09. The van der Waals surface area contributed by atoms with E-state index in [9.17, 15) is 13.2 Å². The number of nitrogens with one attached hydrogen (secondary N) is 2. The number of nitrogens with zero attached hydrogens (tertiary/aromatic N) is 1. The molecule has 27 heavy (non-hydrogen) atoms. The highest BCUT2D eigenvalue weighted by molar-refractivity contribution is 7.89. The lowest BCUT2D eigenvalue weighted by Gasteiger charge is -2.33. The van der Waals surface area contributed by atoms with Crippen molar-refractivity contribution in [2.75, 3.05) is 0 Å². The zero-order valence-electron chi connectivity index (χ0n) is 16.2. The van der Waals surface area contributed by atoms with Gasteiger partial charge >= 0.3 is 0 Å². The van der Waals surface area contributed by atoms with E-state index in [1.54, 1.807) is 0 Å². The topological polar surface area (TPSA) is 101 Å². The average molecular weight is 412 g/mol. The standard InChI is InChI=1S/C18H25N3O4S2/c1-10-16(11(2)25-20-10)27(23,24)21-19-17(22)15-9-12-8-13(18(3,4)5)6-7-14(12)26-15/h9,13,21H,6-8H2,1-5H3,(H,19,22). The van der Waals surface area contributed by atoms with Gasteiger partial charge in [-0.1, -0.05) is 25.9 Å². The van der Waals surface area contributed by atoms with E-state index in [2.05, 4.69) is 36.2 Å². The van der Waals surface area contributed by atoms with Gasteiger partial charge in [0.05, 0.1) is 4.88 Å². The Morgan fingerprint density at radius 1 is 1.33 bits per heavy atom. The molecule has 1 aliphatic carbocycles. The van der Waals surface area contributed by atoms with E-state index in [0.717, 1.165) is 19.3 Å². The zero-order valence-corrected chi connectivity index (χ0v) is 17.8. The molecule has 0 radical (unpaired) electrons. The van der Waals surface area contributed by atoms with Gasteiger partial charge in [-0.3, -0.25) is 10.2 Å². The van der Waals surface area contributed by atoms with E-state index in [-0.39, 0.29) is 21.8 Å². The Morgan fingerprint density at radius 2 is 2.04 bits per heavy atom. The smallest absolute Gasteiger partial charge is 0.276 e. The Labute approximate surface area is 163 Å². The van der Waals surface area contributed by atoms with Crippen molar-refractivity contribution < 1.29 is 17.7 Å². The second-order valence-corrected chi connectivity index (χ2v) is 10.8. The number of fused-ring (bicyclic) bond motifs is 1. The van der Waals surface area contributed by atoms with Crippen molar-refractivity contribution in [3.63, 3.8) is 0 Å². The molecule has 0 bridgehead atoms. The predicted octanol–water partition coefficient (Wildman–Crippen LogP) is 3.13. The summed E-state index contributed by atoms with van der Waals surface area (Å²) in [6.45, 7) is 9.77. The van der Waals surface area contributed by atoms with Crippen molar-refractivity contribution in [3.05, 3.63) is 32.8 Å². The van der Waals surface area contributed by atoms with Gasteiger partial charge in [0.1, 0.15) is 10.6 Å². The molecule has 0 aliphatic heterocycles. The number of aryl methyl sites for hydroxylation is 3. The van der Waals surface area contributed by atoms with Gasteiger partial charge < -0.3 is 4.52 Å². The maximum atomic E-state index is 12.5. The first-order valence-electron chi connectivity index (χ1n) is 8.85. The van der Waals surface area contributed by atoms with Gasteiger partial charge in [-0.25, -0.2) is 8.42 Å². The molecule has 0 saturated heterocycles. The molecule has 2 aromatic heterocycles. The minimum atomic E-state index is -3.95. The Kier molecular flexibility index (Phi) is 5.22. The minimum absolute atomic E-state index is 0.0544. The van der Waals surface area contributed by atoms with Crippen LogP contribution in [0.2, 0.25) is 0 Å². The summed E-state index contributed by atoms with van der Waals surface area (Å²) < 4.78 is 29.7. The minimum Gasteiger partial charge on any atom is -0.360 e. The molecule has 1 aliphatic rings. The zero-order chi connectivity index (χ0) is 20.0. The molecule has 7 nitrogen and oxygen atoms in total. The molecular weight excluding hydrogens is 386 g/mol. The number of hydrogen-bond donors (Lipinski definition) is 2. The van der Waals surface area contributed by atoms with Gasteiger partial charge in [0, 0.05) is 4.88 Å². The number of rotatable bonds is 4. The van der Waals surface area contributed by atoms with Crippen LogP contribution >= 0.6 is 11.3 Å². The van der Waals surface area contributed by atoms with Crippen LogP contribution in [0.15, 0.2) is 15.5 Å². The number of carbonyl (C=O) groups is 1. The van der Waals surface area contributed by atoms with Gasteiger partial charge in [-0.15, -0.1) is 16.2 Å². The molecule has 2 heterocycles. The maximum absolute atomic E-state index is 12.5. The molecule has 2 N–H and O–H groups in total. The molecular formula is C18H25N3O4S2. The normalized spacial score (nSPS) is 17.6. The van der Waals surface area contributed by atoms with Crippen LogP contribution in [0.25, 0.3) is 0 Å². The van der Waals surface area contributed by atoms with Crippen molar-refractivity contribution in [1.29, 1.82) is 0 Å². The second kappa shape index (κ2) is 7.03. The number of carbonyl (C=O) groups excluding carboxylic acids is 1. The lowest BCUT2D eigenvalue weighted by molar-refractivity contribution is 0.0949. The maximum Gasteiger partial charge on any atom is 0.276 e. The van der Waals surface area contributed by atoms with Crippen molar-refractivity contribution in [3.8, 4) is 0 Å². The van der Waals surface area contributed by atoms with E-state index in [4.69, 9.17) is 4.52 Å². The molecule has 0 fully saturated rings. The van der Waals surface area contributed by atoms with E-state index in [1.807, 2.05) is 6.07 Å². The Bertz CT molecular complexity index is 948. The lowest BCUT2D eigenvalue weighted by Crippen LogP contribution is -2.41. The summed E-state index contributed by atoms with van der Waals surface area (Å²) in [7, 11) is -3.95. The molecule has 1 unspecified atom stereocenters. The summed E-state index contributed by atoms with van der Waals surface area (Å²) in [6, 6.07) is 1.89. The molecule has 0 spiro atoms. The molecule has 3 rings (SSSR count). The Balaban J connectivity index is 1.71. The highest BCUT2D eigenvalue weighted by Crippen LogP contribution is 2.40. The summed E-state index contributed by atoms with van der Waals surface area (Å²) in [5, 5.41) is 3.63. The number of aromatic nitrogens is 1. The number of hydrogen-bond acceptors (Lipinski definition) is 6. The molecule has 0 aromatic carbocycles. The number of sulfonamides is 1. The SMILES string of the molecule is Cc1noc(C)c1S(=O)(=O)NNC(=O)c1cc2c(s1)CCC(C(C)(C)C)C2. The summed E-state index contributed by atoms with van der Waals surface area (Å²) in [5.74, 6) is 0.291. The predicted molar refractivity (Wildman–Crippen MR) is 103 cm³/mol. The summed E-state index contributed by atoms with van der Waals surface area (Å²) in [4.78, 5) is 16.3. The van der Waals surface area contributed by atoms with Crippen molar-refractivity contribution >= 4 is 27.3 Å².